The van der Waals surface area contributed by atoms with Gasteiger partial charge in [-0.25, -0.2) is 0 Å². The molecule has 8 heteroatoms. The molecule has 0 radical (unpaired) electrons. The van der Waals surface area contributed by atoms with E-state index in [2.05, 4.69) is 0 Å². The van der Waals surface area contributed by atoms with Gasteiger partial charge in [0.15, 0.2) is 35.2 Å². The van der Waals surface area contributed by atoms with Gasteiger partial charge in [0.2, 0.25) is 0 Å². The Kier molecular flexibility index (Phi) is 4.07. The van der Waals surface area contributed by atoms with E-state index in [4.69, 9.17) is 18.9 Å². The fraction of sp³-hybridized carbons (Fsp3) is 0.500. The summed E-state index contributed by atoms with van der Waals surface area (Å²) >= 11 is 3.16. The summed E-state index contributed by atoms with van der Waals surface area (Å²) in [5.74, 6) is 2.81. The van der Waals surface area contributed by atoms with Crippen LogP contribution in [0.3, 0.4) is 0 Å². The number of hydrogen-bond donors (Lipinski definition) is 2. The van der Waals surface area contributed by atoms with E-state index in [1.807, 2.05) is 13.8 Å². The van der Waals surface area contributed by atoms with Crippen LogP contribution in [0.4, 0.5) is 0 Å². The summed E-state index contributed by atoms with van der Waals surface area (Å²) in [5.41, 5.74) is 0. The first kappa shape index (κ1) is 16.0. The van der Waals surface area contributed by atoms with E-state index in [9.17, 15) is 10.2 Å². The standard InChI is InChI=1S/C16H18O6S2/c1-7-11-13(19-5-9(3-17)21-11)15(23-7)16-14-12(8(2)24-16)22-10(4-18)6-20-14/h9-10,17-18H,3-6H2,1-2H3. The average Bonchev–Trinajstić information content (AvgIpc) is 3.11. The van der Waals surface area contributed by atoms with Gasteiger partial charge in [0.1, 0.15) is 13.2 Å². The minimum atomic E-state index is -0.331. The molecule has 0 amide bonds. The van der Waals surface area contributed by atoms with Crippen molar-refractivity contribution in [1.29, 1.82) is 0 Å². The van der Waals surface area contributed by atoms with Crippen molar-refractivity contribution in [2.24, 2.45) is 0 Å². The molecule has 6 nitrogen and oxygen atoms in total. The van der Waals surface area contributed by atoms with Crippen LogP contribution in [0.1, 0.15) is 9.75 Å². The van der Waals surface area contributed by atoms with Crippen LogP contribution in [0.15, 0.2) is 0 Å². The van der Waals surface area contributed by atoms with Crippen LogP contribution in [0.25, 0.3) is 9.75 Å². The zero-order valence-electron chi connectivity index (χ0n) is 13.3. The first-order chi connectivity index (χ1) is 11.6. The van der Waals surface area contributed by atoms with Gasteiger partial charge in [0.05, 0.1) is 23.0 Å². The van der Waals surface area contributed by atoms with Crippen molar-refractivity contribution in [3.05, 3.63) is 9.75 Å². The molecule has 4 rings (SSSR count). The predicted molar refractivity (Wildman–Crippen MR) is 91.1 cm³/mol. The molecule has 2 unspecified atom stereocenters. The monoisotopic (exact) mass is 370 g/mol. The Morgan fingerprint density at radius 3 is 1.58 bits per heavy atom. The lowest BCUT2D eigenvalue weighted by molar-refractivity contribution is 0.0453. The first-order valence-corrected chi connectivity index (χ1v) is 9.33. The Bertz CT molecular complexity index is 701. The van der Waals surface area contributed by atoms with Gasteiger partial charge in [0.25, 0.3) is 0 Å². The minimum Gasteiger partial charge on any atom is -0.484 e. The van der Waals surface area contributed by atoms with Crippen LogP contribution in [0.2, 0.25) is 0 Å². The fourth-order valence-electron chi connectivity index (χ4n) is 2.79. The molecule has 130 valence electrons. The highest BCUT2D eigenvalue weighted by Gasteiger charge is 2.34. The van der Waals surface area contributed by atoms with Gasteiger partial charge in [-0.1, -0.05) is 0 Å². The Morgan fingerprint density at radius 2 is 1.21 bits per heavy atom. The van der Waals surface area contributed by atoms with E-state index >= 15 is 0 Å². The molecular weight excluding hydrogens is 352 g/mol. The second kappa shape index (κ2) is 6.11. The average molecular weight is 370 g/mol. The first-order valence-electron chi connectivity index (χ1n) is 7.70. The normalized spacial score (nSPS) is 21.8. The fourth-order valence-corrected chi connectivity index (χ4v) is 4.97. The number of aryl methyl sites for hydroxylation is 2. The van der Waals surface area contributed by atoms with E-state index in [1.165, 1.54) is 0 Å². The van der Waals surface area contributed by atoms with Crippen LogP contribution in [-0.4, -0.2) is 48.8 Å². The van der Waals surface area contributed by atoms with E-state index in [-0.39, 0.29) is 25.4 Å². The lowest BCUT2D eigenvalue weighted by atomic mass is 10.2. The molecule has 4 heterocycles. The summed E-state index contributed by atoms with van der Waals surface area (Å²) in [5, 5.41) is 18.6. The van der Waals surface area contributed by atoms with Crippen molar-refractivity contribution in [2.75, 3.05) is 26.4 Å². The number of thiophene rings is 2. The van der Waals surface area contributed by atoms with E-state index in [1.54, 1.807) is 22.7 Å². The van der Waals surface area contributed by atoms with Crippen LogP contribution in [0, 0.1) is 13.8 Å². The third-order valence-corrected chi connectivity index (χ3v) is 6.28. The summed E-state index contributed by atoms with van der Waals surface area (Å²) in [7, 11) is 0. The number of aliphatic hydroxyl groups excluding tert-OH is 2. The van der Waals surface area contributed by atoms with E-state index in [0.29, 0.717) is 36.2 Å². The summed E-state index contributed by atoms with van der Waals surface area (Å²) in [6.45, 7) is 4.45. The largest absolute Gasteiger partial charge is 0.484 e. The third-order valence-electron chi connectivity index (χ3n) is 3.98. The number of fused-ring (bicyclic) bond motifs is 2. The molecule has 0 saturated carbocycles. The maximum absolute atomic E-state index is 9.28. The predicted octanol–water partition coefficient (Wildman–Crippen LogP) is 2.36. The van der Waals surface area contributed by atoms with Crippen LogP contribution < -0.4 is 18.9 Å². The third kappa shape index (κ3) is 2.45. The highest BCUT2D eigenvalue weighted by Crippen LogP contribution is 2.57. The van der Waals surface area contributed by atoms with Gasteiger partial charge < -0.3 is 29.2 Å². The summed E-state index contributed by atoms with van der Waals surface area (Å²) < 4.78 is 23.4. The van der Waals surface area contributed by atoms with Gasteiger partial charge in [-0.05, 0) is 13.8 Å². The van der Waals surface area contributed by atoms with Gasteiger partial charge in [-0.3, -0.25) is 0 Å². The zero-order chi connectivity index (χ0) is 16.8. The Balaban J connectivity index is 1.77. The molecule has 2 atom stereocenters. The van der Waals surface area contributed by atoms with E-state index in [0.717, 1.165) is 19.5 Å². The van der Waals surface area contributed by atoms with Gasteiger partial charge >= 0.3 is 0 Å². The Labute approximate surface area is 147 Å². The highest BCUT2D eigenvalue weighted by molar-refractivity contribution is 7.23. The topological polar surface area (TPSA) is 77.4 Å². The quantitative estimate of drug-likeness (QED) is 0.864. The number of rotatable bonds is 3. The SMILES string of the molecule is Cc1sc(-c2sc(C)c3c2OCC(CO)O3)c2c1OC(CO)CO2. The summed E-state index contributed by atoms with van der Waals surface area (Å²) in [4.78, 5) is 3.92. The highest BCUT2D eigenvalue weighted by atomic mass is 32.1. The van der Waals surface area contributed by atoms with Crippen LogP contribution in [0.5, 0.6) is 23.0 Å². The Hall–Kier alpha value is -1.48. The second-order valence-electron chi connectivity index (χ2n) is 5.76. The number of ether oxygens (including phenoxy) is 4. The van der Waals surface area contributed by atoms with Crippen molar-refractivity contribution in [3.8, 4) is 32.8 Å². The molecule has 2 aromatic heterocycles. The van der Waals surface area contributed by atoms with E-state index < -0.39 is 0 Å². The van der Waals surface area contributed by atoms with Crippen molar-refractivity contribution in [3.63, 3.8) is 0 Å². The molecular formula is C16H18O6S2. The summed E-state index contributed by atoms with van der Waals surface area (Å²) in [6, 6.07) is 0. The lowest BCUT2D eigenvalue weighted by Gasteiger charge is -2.25. The molecule has 2 N–H and O–H groups in total. The molecule has 2 aliphatic rings. The number of aliphatic hydroxyl groups is 2. The molecule has 0 aromatic carbocycles. The summed E-state index contributed by atoms with van der Waals surface area (Å²) in [6.07, 6.45) is -0.662. The molecule has 24 heavy (non-hydrogen) atoms. The maximum Gasteiger partial charge on any atom is 0.181 e. The Morgan fingerprint density at radius 1 is 0.792 bits per heavy atom. The molecule has 0 aliphatic carbocycles. The maximum atomic E-state index is 9.28. The zero-order valence-corrected chi connectivity index (χ0v) is 15.0. The van der Waals surface area contributed by atoms with Crippen molar-refractivity contribution < 1.29 is 29.2 Å². The molecule has 2 aliphatic heterocycles. The smallest absolute Gasteiger partial charge is 0.181 e. The number of hydrogen-bond acceptors (Lipinski definition) is 8. The van der Waals surface area contributed by atoms with Crippen molar-refractivity contribution in [1.82, 2.24) is 0 Å². The van der Waals surface area contributed by atoms with Crippen LogP contribution in [-0.2, 0) is 0 Å². The second-order valence-corrected chi connectivity index (χ2v) is 8.21. The minimum absolute atomic E-state index is 0.0724. The molecule has 0 bridgehead atoms. The molecule has 2 aromatic rings. The van der Waals surface area contributed by atoms with Gasteiger partial charge in [-0.15, -0.1) is 22.7 Å². The molecule has 0 fully saturated rings. The lowest BCUT2D eigenvalue weighted by Crippen LogP contribution is -2.32. The molecule has 0 spiro atoms. The van der Waals surface area contributed by atoms with Crippen molar-refractivity contribution >= 4 is 22.7 Å². The van der Waals surface area contributed by atoms with Crippen molar-refractivity contribution in [2.45, 2.75) is 26.1 Å². The van der Waals surface area contributed by atoms with Gasteiger partial charge in [0, 0.05) is 9.75 Å². The van der Waals surface area contributed by atoms with Gasteiger partial charge in [-0.2, -0.15) is 0 Å². The molecule has 0 saturated heterocycles. The van der Waals surface area contributed by atoms with Crippen LogP contribution >= 0.6 is 22.7 Å².